The van der Waals surface area contributed by atoms with Gasteiger partial charge in [-0.15, -0.1) is 0 Å². The van der Waals surface area contributed by atoms with Crippen molar-refractivity contribution in [3.05, 3.63) is 29.6 Å². The van der Waals surface area contributed by atoms with E-state index >= 15 is 0 Å². The van der Waals surface area contributed by atoms with Crippen LogP contribution in [0.1, 0.15) is 38.3 Å². The molecule has 0 bridgehead atoms. The molecule has 1 heterocycles. The van der Waals surface area contributed by atoms with Crippen LogP contribution in [-0.2, 0) is 6.54 Å². The molecule has 1 aromatic rings. The summed E-state index contributed by atoms with van der Waals surface area (Å²) in [4.78, 5) is 4.18. The van der Waals surface area contributed by atoms with Gasteiger partial charge in [0.15, 0.2) is 0 Å². The van der Waals surface area contributed by atoms with Crippen LogP contribution >= 0.6 is 0 Å². The van der Waals surface area contributed by atoms with Crippen LogP contribution in [0.5, 0.6) is 0 Å². The third-order valence-electron chi connectivity index (χ3n) is 2.45. The fourth-order valence-corrected chi connectivity index (χ4v) is 1.62. The second-order valence-corrected chi connectivity index (χ2v) is 5.58. The third kappa shape index (κ3) is 7.08. The maximum atomic E-state index is 4.18. The molecule has 0 fully saturated rings. The van der Waals surface area contributed by atoms with E-state index in [1.165, 1.54) is 11.1 Å². The summed E-state index contributed by atoms with van der Waals surface area (Å²) in [7, 11) is 0. The Morgan fingerprint density at radius 2 is 1.94 bits per heavy atom. The smallest absolute Gasteiger partial charge is 0.0313 e. The fraction of sp³-hybridized carbons (Fsp3) is 0.643. The van der Waals surface area contributed by atoms with E-state index in [4.69, 9.17) is 0 Å². The third-order valence-corrected chi connectivity index (χ3v) is 2.45. The summed E-state index contributed by atoms with van der Waals surface area (Å²) in [5.41, 5.74) is 2.70. The Hall–Kier alpha value is -0.930. The first kappa shape index (κ1) is 14.1. The molecule has 1 rings (SSSR count). The van der Waals surface area contributed by atoms with Crippen molar-refractivity contribution < 1.29 is 0 Å². The van der Waals surface area contributed by atoms with Gasteiger partial charge in [-0.3, -0.25) is 4.98 Å². The molecule has 0 aromatic carbocycles. The number of aryl methyl sites for hydroxylation is 1. The minimum Gasteiger partial charge on any atom is -0.313 e. The standard InChI is InChI=1S/C14H25N3/c1-12-8-13(11-16-9-12)10-15-6-5-7-17-14(2,3)4/h8-9,11,15,17H,5-7,10H2,1-4H3. The Kier molecular flexibility index (Phi) is 5.59. The van der Waals surface area contributed by atoms with E-state index in [1.807, 2.05) is 12.4 Å². The number of rotatable bonds is 6. The molecule has 0 radical (unpaired) electrons. The minimum atomic E-state index is 0.223. The van der Waals surface area contributed by atoms with Crippen LogP contribution in [-0.4, -0.2) is 23.6 Å². The highest BCUT2D eigenvalue weighted by Crippen LogP contribution is 2.00. The van der Waals surface area contributed by atoms with Gasteiger partial charge in [0.1, 0.15) is 0 Å². The highest BCUT2D eigenvalue weighted by atomic mass is 14.9. The Bertz CT molecular complexity index is 328. The molecular formula is C14H25N3. The first-order valence-electron chi connectivity index (χ1n) is 6.34. The average Bonchev–Trinajstić information content (AvgIpc) is 2.22. The van der Waals surface area contributed by atoms with Crippen LogP contribution in [0.15, 0.2) is 18.5 Å². The summed E-state index contributed by atoms with van der Waals surface area (Å²) in [5.74, 6) is 0. The van der Waals surface area contributed by atoms with Crippen molar-refractivity contribution >= 4 is 0 Å². The molecule has 17 heavy (non-hydrogen) atoms. The molecule has 0 aliphatic carbocycles. The predicted octanol–water partition coefficient (Wildman–Crippen LogP) is 2.26. The van der Waals surface area contributed by atoms with Gasteiger partial charge < -0.3 is 10.6 Å². The van der Waals surface area contributed by atoms with Crippen molar-refractivity contribution in [2.75, 3.05) is 13.1 Å². The molecule has 0 atom stereocenters. The Morgan fingerprint density at radius 1 is 1.18 bits per heavy atom. The van der Waals surface area contributed by atoms with Gasteiger partial charge in [-0.25, -0.2) is 0 Å². The van der Waals surface area contributed by atoms with Gasteiger partial charge in [-0.2, -0.15) is 0 Å². The second kappa shape index (κ2) is 6.72. The lowest BCUT2D eigenvalue weighted by Gasteiger charge is -2.20. The van der Waals surface area contributed by atoms with Gasteiger partial charge in [-0.05, 0) is 58.3 Å². The summed E-state index contributed by atoms with van der Waals surface area (Å²) in [6.07, 6.45) is 4.96. The molecule has 0 saturated heterocycles. The summed E-state index contributed by atoms with van der Waals surface area (Å²) in [6.45, 7) is 11.7. The van der Waals surface area contributed by atoms with Crippen LogP contribution < -0.4 is 10.6 Å². The van der Waals surface area contributed by atoms with Crippen LogP contribution in [0.3, 0.4) is 0 Å². The number of nitrogens with zero attached hydrogens (tertiary/aromatic N) is 1. The quantitative estimate of drug-likeness (QED) is 0.743. The van der Waals surface area contributed by atoms with Crippen molar-refractivity contribution in [1.82, 2.24) is 15.6 Å². The molecule has 0 saturated carbocycles. The summed E-state index contributed by atoms with van der Waals surface area (Å²) < 4.78 is 0. The number of hydrogen-bond acceptors (Lipinski definition) is 3. The van der Waals surface area contributed by atoms with Crippen LogP contribution in [0.4, 0.5) is 0 Å². The topological polar surface area (TPSA) is 37.0 Å². The van der Waals surface area contributed by atoms with E-state index < -0.39 is 0 Å². The zero-order valence-corrected chi connectivity index (χ0v) is 11.5. The lowest BCUT2D eigenvalue weighted by Crippen LogP contribution is -2.37. The lowest BCUT2D eigenvalue weighted by atomic mass is 10.1. The Morgan fingerprint density at radius 3 is 2.59 bits per heavy atom. The maximum absolute atomic E-state index is 4.18. The molecular weight excluding hydrogens is 210 g/mol. The fourth-order valence-electron chi connectivity index (χ4n) is 1.62. The maximum Gasteiger partial charge on any atom is 0.0313 e. The highest BCUT2D eigenvalue weighted by molar-refractivity contribution is 5.16. The van der Waals surface area contributed by atoms with E-state index in [9.17, 15) is 0 Å². The number of pyridine rings is 1. The van der Waals surface area contributed by atoms with E-state index in [0.29, 0.717) is 0 Å². The van der Waals surface area contributed by atoms with Crippen LogP contribution in [0.2, 0.25) is 0 Å². The van der Waals surface area contributed by atoms with Gasteiger partial charge >= 0.3 is 0 Å². The molecule has 0 aliphatic heterocycles. The van der Waals surface area contributed by atoms with Crippen LogP contribution in [0, 0.1) is 6.92 Å². The van der Waals surface area contributed by atoms with Crippen molar-refractivity contribution in [2.24, 2.45) is 0 Å². The zero-order valence-electron chi connectivity index (χ0n) is 11.5. The average molecular weight is 235 g/mol. The molecule has 2 N–H and O–H groups in total. The summed E-state index contributed by atoms with van der Waals surface area (Å²) >= 11 is 0. The molecule has 0 unspecified atom stereocenters. The summed E-state index contributed by atoms with van der Waals surface area (Å²) in [5, 5.41) is 6.91. The molecule has 0 aliphatic rings. The Balaban J connectivity index is 2.09. The monoisotopic (exact) mass is 235 g/mol. The van der Waals surface area contributed by atoms with Crippen molar-refractivity contribution in [1.29, 1.82) is 0 Å². The number of nitrogens with one attached hydrogen (secondary N) is 2. The normalized spacial score (nSPS) is 11.8. The number of hydrogen-bond donors (Lipinski definition) is 2. The largest absolute Gasteiger partial charge is 0.313 e. The van der Waals surface area contributed by atoms with E-state index in [2.05, 4.69) is 49.4 Å². The van der Waals surface area contributed by atoms with Gasteiger partial charge in [0, 0.05) is 24.5 Å². The lowest BCUT2D eigenvalue weighted by molar-refractivity contribution is 0.418. The van der Waals surface area contributed by atoms with Gasteiger partial charge in [-0.1, -0.05) is 6.07 Å². The predicted molar refractivity (Wildman–Crippen MR) is 73.1 cm³/mol. The zero-order chi connectivity index (χ0) is 12.7. The molecule has 3 nitrogen and oxygen atoms in total. The van der Waals surface area contributed by atoms with E-state index in [0.717, 1.165) is 26.1 Å². The van der Waals surface area contributed by atoms with Gasteiger partial charge in [0.2, 0.25) is 0 Å². The molecule has 1 aromatic heterocycles. The van der Waals surface area contributed by atoms with Crippen molar-refractivity contribution in [3.8, 4) is 0 Å². The van der Waals surface area contributed by atoms with Crippen molar-refractivity contribution in [2.45, 2.75) is 46.2 Å². The SMILES string of the molecule is Cc1cncc(CNCCCNC(C)(C)C)c1. The first-order valence-corrected chi connectivity index (χ1v) is 6.34. The molecule has 0 spiro atoms. The van der Waals surface area contributed by atoms with Crippen LogP contribution in [0.25, 0.3) is 0 Å². The Labute approximate surface area is 105 Å². The molecule has 3 heteroatoms. The second-order valence-electron chi connectivity index (χ2n) is 5.58. The van der Waals surface area contributed by atoms with Gasteiger partial charge in [0.25, 0.3) is 0 Å². The van der Waals surface area contributed by atoms with Gasteiger partial charge in [0.05, 0.1) is 0 Å². The molecule has 96 valence electrons. The first-order chi connectivity index (χ1) is 7.97. The van der Waals surface area contributed by atoms with Crippen molar-refractivity contribution in [3.63, 3.8) is 0 Å². The molecule has 0 amide bonds. The minimum absolute atomic E-state index is 0.223. The number of aromatic nitrogens is 1. The van der Waals surface area contributed by atoms with E-state index in [-0.39, 0.29) is 5.54 Å². The highest BCUT2D eigenvalue weighted by Gasteiger charge is 2.06. The van der Waals surface area contributed by atoms with E-state index in [1.54, 1.807) is 0 Å². The summed E-state index contributed by atoms with van der Waals surface area (Å²) in [6, 6.07) is 2.17.